The van der Waals surface area contributed by atoms with Crippen LogP contribution in [0.15, 0.2) is 42.0 Å². The van der Waals surface area contributed by atoms with E-state index in [0.29, 0.717) is 12.0 Å². The molecule has 0 aliphatic heterocycles. The van der Waals surface area contributed by atoms with E-state index >= 15 is 0 Å². The Morgan fingerprint density at radius 3 is 2.37 bits per heavy atom. The molecule has 0 aliphatic rings. The monoisotopic (exact) mass is 260 g/mol. The third-order valence-corrected chi connectivity index (χ3v) is 2.91. The van der Waals surface area contributed by atoms with Gasteiger partial charge in [0.15, 0.2) is 0 Å². The summed E-state index contributed by atoms with van der Waals surface area (Å²) in [6, 6.07) is 9.59. The Kier molecular flexibility index (Phi) is 6.00. The van der Waals surface area contributed by atoms with E-state index in [-0.39, 0.29) is 17.7 Å². The first kappa shape index (κ1) is 15.2. The molecule has 3 nitrogen and oxygen atoms in total. The second-order valence-corrected chi connectivity index (χ2v) is 4.43. The number of allylic oxidation sites excluding steroid dienone is 1. The average Bonchev–Trinajstić information content (AvgIpc) is 2.42. The van der Waals surface area contributed by atoms with Crippen LogP contribution in [-0.4, -0.2) is 18.9 Å². The van der Waals surface area contributed by atoms with Gasteiger partial charge in [-0.05, 0) is 18.9 Å². The van der Waals surface area contributed by atoms with Crippen molar-refractivity contribution >= 4 is 11.8 Å². The zero-order valence-corrected chi connectivity index (χ0v) is 11.7. The van der Waals surface area contributed by atoms with E-state index in [4.69, 9.17) is 4.74 Å². The highest BCUT2D eigenvalue weighted by Crippen LogP contribution is 2.29. The van der Waals surface area contributed by atoms with Gasteiger partial charge in [0, 0.05) is 17.9 Å². The zero-order chi connectivity index (χ0) is 14.3. The minimum atomic E-state index is -0.364. The molecule has 19 heavy (non-hydrogen) atoms. The molecule has 0 saturated heterocycles. The maximum atomic E-state index is 11.9. The van der Waals surface area contributed by atoms with Crippen molar-refractivity contribution in [3.8, 4) is 0 Å². The highest BCUT2D eigenvalue weighted by Gasteiger charge is 2.24. The molecule has 1 atom stereocenters. The van der Waals surface area contributed by atoms with Crippen LogP contribution in [0, 0.1) is 0 Å². The lowest BCUT2D eigenvalue weighted by Gasteiger charge is -2.18. The van der Waals surface area contributed by atoms with Crippen LogP contribution in [0.25, 0.3) is 0 Å². The SMILES string of the molecule is CC/C=C(/C(=O)OC)C(CC(C)=O)c1ccccc1. The summed E-state index contributed by atoms with van der Waals surface area (Å²) in [5.74, 6) is -0.539. The van der Waals surface area contributed by atoms with Crippen molar-refractivity contribution in [3.05, 3.63) is 47.5 Å². The largest absolute Gasteiger partial charge is 0.466 e. The number of ketones is 1. The number of rotatable bonds is 6. The number of hydrogen-bond acceptors (Lipinski definition) is 3. The predicted octanol–water partition coefficient (Wildman–Crippen LogP) is 3.26. The van der Waals surface area contributed by atoms with Gasteiger partial charge in [-0.15, -0.1) is 0 Å². The summed E-state index contributed by atoms with van der Waals surface area (Å²) >= 11 is 0. The molecular weight excluding hydrogens is 240 g/mol. The summed E-state index contributed by atoms with van der Waals surface area (Å²) in [6.45, 7) is 3.50. The van der Waals surface area contributed by atoms with Gasteiger partial charge >= 0.3 is 5.97 Å². The molecule has 1 rings (SSSR count). The number of ether oxygens (including phenoxy) is 1. The van der Waals surface area contributed by atoms with Crippen molar-refractivity contribution in [2.45, 2.75) is 32.6 Å². The van der Waals surface area contributed by atoms with Crippen molar-refractivity contribution in [1.82, 2.24) is 0 Å². The molecule has 3 heteroatoms. The van der Waals surface area contributed by atoms with Gasteiger partial charge in [-0.2, -0.15) is 0 Å². The van der Waals surface area contributed by atoms with Gasteiger partial charge in [0.1, 0.15) is 5.78 Å². The molecular formula is C16H20O3. The van der Waals surface area contributed by atoms with Gasteiger partial charge in [-0.25, -0.2) is 4.79 Å². The smallest absolute Gasteiger partial charge is 0.334 e. The lowest BCUT2D eigenvalue weighted by Crippen LogP contribution is -2.16. The topological polar surface area (TPSA) is 43.4 Å². The van der Waals surface area contributed by atoms with Crippen LogP contribution < -0.4 is 0 Å². The molecule has 0 bridgehead atoms. The van der Waals surface area contributed by atoms with Crippen molar-refractivity contribution < 1.29 is 14.3 Å². The average molecular weight is 260 g/mol. The van der Waals surface area contributed by atoms with Gasteiger partial charge in [0.25, 0.3) is 0 Å². The zero-order valence-electron chi connectivity index (χ0n) is 11.7. The second-order valence-electron chi connectivity index (χ2n) is 4.43. The summed E-state index contributed by atoms with van der Waals surface area (Å²) < 4.78 is 4.83. The Morgan fingerprint density at radius 2 is 1.89 bits per heavy atom. The fourth-order valence-electron chi connectivity index (χ4n) is 2.09. The lowest BCUT2D eigenvalue weighted by atomic mass is 9.86. The van der Waals surface area contributed by atoms with Crippen LogP contribution in [0.2, 0.25) is 0 Å². The molecule has 1 aromatic rings. The summed E-state index contributed by atoms with van der Waals surface area (Å²) in [5.41, 5.74) is 1.52. The highest BCUT2D eigenvalue weighted by atomic mass is 16.5. The molecule has 0 fully saturated rings. The van der Waals surface area contributed by atoms with Crippen LogP contribution in [0.3, 0.4) is 0 Å². The quantitative estimate of drug-likeness (QED) is 0.582. The maximum absolute atomic E-state index is 11.9. The fourth-order valence-corrected chi connectivity index (χ4v) is 2.09. The number of hydrogen-bond donors (Lipinski definition) is 0. The Hall–Kier alpha value is -1.90. The number of esters is 1. The molecule has 102 valence electrons. The van der Waals surface area contributed by atoms with E-state index in [1.165, 1.54) is 14.0 Å². The van der Waals surface area contributed by atoms with Crippen molar-refractivity contribution in [3.63, 3.8) is 0 Å². The number of Topliss-reactive ketones (excluding diaryl/α,β-unsaturated/α-hetero) is 1. The number of carbonyl (C=O) groups excluding carboxylic acids is 2. The van der Waals surface area contributed by atoms with E-state index < -0.39 is 0 Å². The fraction of sp³-hybridized carbons (Fsp3) is 0.375. The van der Waals surface area contributed by atoms with E-state index in [1.54, 1.807) is 0 Å². The minimum Gasteiger partial charge on any atom is -0.466 e. The normalized spacial score (nSPS) is 12.9. The Labute approximate surface area is 114 Å². The number of benzene rings is 1. The predicted molar refractivity (Wildman–Crippen MR) is 74.9 cm³/mol. The molecule has 0 radical (unpaired) electrons. The summed E-state index contributed by atoms with van der Waals surface area (Å²) in [6.07, 6.45) is 2.88. The van der Waals surface area contributed by atoms with Crippen LogP contribution in [0.1, 0.15) is 38.2 Å². The molecule has 1 unspecified atom stereocenters. The van der Waals surface area contributed by atoms with E-state index in [1.807, 2.05) is 43.3 Å². The first-order valence-electron chi connectivity index (χ1n) is 6.42. The molecule has 0 spiro atoms. The Bertz CT molecular complexity index is 460. The molecule has 0 N–H and O–H groups in total. The molecule has 1 aromatic carbocycles. The van der Waals surface area contributed by atoms with Crippen LogP contribution in [-0.2, 0) is 14.3 Å². The van der Waals surface area contributed by atoms with E-state index in [9.17, 15) is 9.59 Å². The third kappa shape index (κ3) is 4.36. The first-order chi connectivity index (χ1) is 9.10. The van der Waals surface area contributed by atoms with Crippen molar-refractivity contribution in [1.29, 1.82) is 0 Å². The van der Waals surface area contributed by atoms with Gasteiger partial charge in [-0.3, -0.25) is 4.79 Å². The second kappa shape index (κ2) is 7.52. The van der Waals surface area contributed by atoms with Crippen molar-refractivity contribution in [2.75, 3.05) is 7.11 Å². The van der Waals surface area contributed by atoms with Crippen molar-refractivity contribution in [2.24, 2.45) is 0 Å². The molecule has 0 amide bonds. The number of carbonyl (C=O) groups is 2. The standard InChI is InChI=1S/C16H20O3/c1-4-8-14(16(18)19-3)15(11-12(2)17)13-9-6-5-7-10-13/h5-10,15H,4,11H2,1-3H3/b14-8+. The summed E-state index contributed by atoms with van der Waals surface area (Å²) in [4.78, 5) is 23.4. The van der Waals surface area contributed by atoms with Gasteiger partial charge in [-0.1, -0.05) is 43.3 Å². The van der Waals surface area contributed by atoms with Crippen LogP contribution in [0.5, 0.6) is 0 Å². The Morgan fingerprint density at radius 1 is 1.26 bits per heavy atom. The van der Waals surface area contributed by atoms with Gasteiger partial charge in [0.2, 0.25) is 0 Å². The number of methoxy groups -OCH3 is 1. The molecule has 0 saturated carbocycles. The van der Waals surface area contributed by atoms with Crippen LogP contribution in [0.4, 0.5) is 0 Å². The van der Waals surface area contributed by atoms with Gasteiger partial charge in [0.05, 0.1) is 7.11 Å². The highest BCUT2D eigenvalue weighted by molar-refractivity contribution is 5.91. The molecule has 0 aliphatic carbocycles. The van der Waals surface area contributed by atoms with E-state index in [0.717, 1.165) is 12.0 Å². The third-order valence-electron chi connectivity index (χ3n) is 2.91. The maximum Gasteiger partial charge on any atom is 0.334 e. The Balaban J connectivity index is 3.18. The van der Waals surface area contributed by atoms with Crippen LogP contribution >= 0.6 is 0 Å². The van der Waals surface area contributed by atoms with E-state index in [2.05, 4.69) is 0 Å². The van der Waals surface area contributed by atoms with Gasteiger partial charge < -0.3 is 4.74 Å². The first-order valence-corrected chi connectivity index (χ1v) is 6.42. The summed E-state index contributed by atoms with van der Waals surface area (Å²) in [7, 11) is 1.36. The molecule has 0 aromatic heterocycles. The lowest BCUT2D eigenvalue weighted by molar-refractivity contribution is -0.136. The summed E-state index contributed by atoms with van der Waals surface area (Å²) in [5, 5.41) is 0. The molecule has 0 heterocycles. The minimum absolute atomic E-state index is 0.0553.